The van der Waals surface area contributed by atoms with Crippen LogP contribution in [0.25, 0.3) is 0 Å². The van der Waals surface area contributed by atoms with Gasteiger partial charge in [0.1, 0.15) is 0 Å². The number of hydrogen-bond donors (Lipinski definition) is 1. The van der Waals surface area contributed by atoms with Crippen molar-refractivity contribution in [2.45, 2.75) is 40.0 Å². The van der Waals surface area contributed by atoms with Gasteiger partial charge in [-0.15, -0.1) is 0 Å². The quantitative estimate of drug-likeness (QED) is 0.824. The molecule has 0 saturated carbocycles. The van der Waals surface area contributed by atoms with Gasteiger partial charge in [0.25, 0.3) is 0 Å². The van der Waals surface area contributed by atoms with Gasteiger partial charge in [-0.25, -0.2) is 0 Å². The smallest absolute Gasteiger partial charge is 0.307 e. The van der Waals surface area contributed by atoms with Gasteiger partial charge in [-0.05, 0) is 17.5 Å². The van der Waals surface area contributed by atoms with Crippen LogP contribution in [0.2, 0.25) is 0 Å². The number of benzene rings is 1. The Kier molecular flexibility index (Phi) is 7.33. The maximum atomic E-state index is 10.4. The second-order valence-corrected chi connectivity index (χ2v) is 3.14. The Hall–Kier alpha value is -1.31. The van der Waals surface area contributed by atoms with E-state index >= 15 is 0 Å². The van der Waals surface area contributed by atoms with Crippen LogP contribution in [0.1, 0.15) is 38.3 Å². The van der Waals surface area contributed by atoms with Gasteiger partial charge < -0.3 is 5.11 Å². The predicted octanol–water partition coefficient (Wildman–Crippen LogP) is 3.29. The Balaban J connectivity index is 0.000000921. The molecule has 0 unspecified atom stereocenters. The maximum Gasteiger partial charge on any atom is 0.307 e. The van der Waals surface area contributed by atoms with E-state index in [2.05, 4.69) is 6.92 Å². The Morgan fingerprint density at radius 2 is 1.60 bits per heavy atom. The first-order chi connectivity index (χ1) is 7.22. The molecule has 0 atom stereocenters. The number of hydrogen-bond acceptors (Lipinski definition) is 1. The van der Waals surface area contributed by atoms with E-state index in [0.29, 0.717) is 0 Å². The number of aliphatic carboxylic acids is 1. The van der Waals surface area contributed by atoms with Crippen LogP contribution in [0.15, 0.2) is 24.3 Å². The summed E-state index contributed by atoms with van der Waals surface area (Å²) in [6.45, 7) is 6.13. The summed E-state index contributed by atoms with van der Waals surface area (Å²) in [4.78, 5) is 10.4. The molecule has 0 heterocycles. The van der Waals surface area contributed by atoms with Gasteiger partial charge >= 0.3 is 5.97 Å². The van der Waals surface area contributed by atoms with Crippen molar-refractivity contribution in [3.05, 3.63) is 35.4 Å². The van der Waals surface area contributed by atoms with Crippen molar-refractivity contribution in [1.29, 1.82) is 0 Å². The minimum absolute atomic E-state index is 0.117. The molecule has 2 heteroatoms. The summed E-state index contributed by atoms with van der Waals surface area (Å²) in [5.74, 6) is -0.775. The molecule has 0 spiro atoms. The van der Waals surface area contributed by atoms with Crippen LogP contribution >= 0.6 is 0 Å². The molecule has 0 aliphatic rings. The first-order valence-electron chi connectivity index (χ1n) is 5.52. The van der Waals surface area contributed by atoms with Crippen molar-refractivity contribution in [1.82, 2.24) is 0 Å². The van der Waals surface area contributed by atoms with E-state index in [9.17, 15) is 4.79 Å². The topological polar surface area (TPSA) is 37.3 Å². The van der Waals surface area contributed by atoms with Gasteiger partial charge in [0, 0.05) is 0 Å². The minimum Gasteiger partial charge on any atom is -0.481 e. The highest BCUT2D eigenvalue weighted by molar-refractivity contribution is 5.70. The zero-order valence-corrected chi connectivity index (χ0v) is 9.79. The standard InChI is InChI=1S/C11H14O2.C2H6/c1-2-3-9-4-6-10(7-5-9)8-11(12)13;1-2/h4-7H,2-3,8H2,1H3,(H,12,13);1-2H3. The van der Waals surface area contributed by atoms with E-state index in [-0.39, 0.29) is 6.42 Å². The fourth-order valence-corrected chi connectivity index (χ4v) is 1.29. The fraction of sp³-hybridized carbons (Fsp3) is 0.462. The minimum atomic E-state index is -0.775. The van der Waals surface area contributed by atoms with Crippen LogP contribution in [0.5, 0.6) is 0 Å². The van der Waals surface area contributed by atoms with Crippen LogP contribution in [0.3, 0.4) is 0 Å². The van der Waals surface area contributed by atoms with Crippen LogP contribution in [0.4, 0.5) is 0 Å². The molecular weight excluding hydrogens is 188 g/mol. The normalized spacial score (nSPS) is 9.00. The lowest BCUT2D eigenvalue weighted by molar-refractivity contribution is -0.136. The summed E-state index contributed by atoms with van der Waals surface area (Å²) in [5, 5.41) is 8.54. The number of carboxylic acid groups (broad SMARTS) is 1. The molecule has 15 heavy (non-hydrogen) atoms. The second kappa shape index (κ2) is 8.04. The Morgan fingerprint density at radius 3 is 2.00 bits per heavy atom. The average molecular weight is 208 g/mol. The van der Waals surface area contributed by atoms with Gasteiger partial charge in [0.15, 0.2) is 0 Å². The number of aryl methyl sites for hydroxylation is 1. The lowest BCUT2D eigenvalue weighted by Crippen LogP contribution is -1.99. The molecule has 1 aromatic rings. The molecule has 0 aliphatic heterocycles. The van der Waals surface area contributed by atoms with Crippen LogP contribution in [-0.2, 0) is 17.6 Å². The number of carboxylic acids is 1. The molecule has 84 valence electrons. The Labute approximate surface area is 91.9 Å². The van der Waals surface area contributed by atoms with Crippen molar-refractivity contribution in [2.75, 3.05) is 0 Å². The molecule has 0 amide bonds. The van der Waals surface area contributed by atoms with E-state index in [1.165, 1.54) is 5.56 Å². The first-order valence-corrected chi connectivity index (χ1v) is 5.52. The largest absolute Gasteiger partial charge is 0.481 e. The molecule has 0 aliphatic carbocycles. The fourth-order valence-electron chi connectivity index (χ4n) is 1.29. The SMILES string of the molecule is CC.CCCc1ccc(CC(=O)O)cc1. The predicted molar refractivity (Wildman–Crippen MR) is 63.1 cm³/mol. The lowest BCUT2D eigenvalue weighted by atomic mass is 10.1. The van der Waals surface area contributed by atoms with Gasteiger partial charge in [-0.2, -0.15) is 0 Å². The third-order valence-corrected chi connectivity index (χ3v) is 1.92. The molecule has 0 aromatic heterocycles. The number of rotatable bonds is 4. The highest BCUT2D eigenvalue weighted by Crippen LogP contribution is 2.07. The van der Waals surface area contributed by atoms with E-state index in [1.807, 2.05) is 38.1 Å². The monoisotopic (exact) mass is 208 g/mol. The first kappa shape index (κ1) is 13.7. The molecule has 0 radical (unpaired) electrons. The molecule has 0 fully saturated rings. The molecule has 1 rings (SSSR count). The average Bonchev–Trinajstić information content (AvgIpc) is 2.24. The van der Waals surface area contributed by atoms with E-state index in [0.717, 1.165) is 18.4 Å². The lowest BCUT2D eigenvalue weighted by Gasteiger charge is -2.00. The molecule has 0 bridgehead atoms. The maximum absolute atomic E-state index is 10.4. The van der Waals surface area contributed by atoms with Crippen molar-refractivity contribution in [3.63, 3.8) is 0 Å². The zero-order valence-electron chi connectivity index (χ0n) is 9.79. The van der Waals surface area contributed by atoms with Crippen LogP contribution in [-0.4, -0.2) is 11.1 Å². The summed E-state index contributed by atoms with van der Waals surface area (Å²) >= 11 is 0. The van der Waals surface area contributed by atoms with Crippen LogP contribution < -0.4 is 0 Å². The summed E-state index contributed by atoms with van der Waals surface area (Å²) in [6, 6.07) is 7.78. The van der Waals surface area contributed by atoms with Gasteiger partial charge in [-0.3, -0.25) is 4.79 Å². The summed E-state index contributed by atoms with van der Waals surface area (Å²) in [5.41, 5.74) is 2.14. The van der Waals surface area contributed by atoms with Gasteiger partial charge in [0.2, 0.25) is 0 Å². The van der Waals surface area contributed by atoms with Gasteiger partial charge in [0.05, 0.1) is 6.42 Å². The van der Waals surface area contributed by atoms with Crippen molar-refractivity contribution < 1.29 is 9.90 Å². The van der Waals surface area contributed by atoms with Crippen molar-refractivity contribution >= 4 is 5.97 Å². The molecule has 1 N–H and O–H groups in total. The second-order valence-electron chi connectivity index (χ2n) is 3.14. The van der Waals surface area contributed by atoms with E-state index in [1.54, 1.807) is 0 Å². The van der Waals surface area contributed by atoms with Crippen molar-refractivity contribution in [2.24, 2.45) is 0 Å². The highest BCUT2D eigenvalue weighted by atomic mass is 16.4. The Bertz CT molecular complexity index is 275. The summed E-state index contributed by atoms with van der Waals surface area (Å²) in [7, 11) is 0. The van der Waals surface area contributed by atoms with Crippen molar-refractivity contribution in [3.8, 4) is 0 Å². The zero-order chi connectivity index (χ0) is 11.7. The molecule has 2 nitrogen and oxygen atoms in total. The van der Waals surface area contributed by atoms with Gasteiger partial charge in [-0.1, -0.05) is 51.5 Å². The summed E-state index contributed by atoms with van der Waals surface area (Å²) < 4.78 is 0. The Morgan fingerprint density at radius 1 is 1.13 bits per heavy atom. The van der Waals surface area contributed by atoms with Crippen LogP contribution in [0, 0.1) is 0 Å². The van der Waals surface area contributed by atoms with E-state index in [4.69, 9.17) is 5.11 Å². The third-order valence-electron chi connectivity index (χ3n) is 1.92. The molecule has 1 aromatic carbocycles. The summed E-state index contributed by atoms with van der Waals surface area (Å²) in [6.07, 6.45) is 2.30. The molecular formula is C13H20O2. The highest BCUT2D eigenvalue weighted by Gasteiger charge is 1.99. The third kappa shape index (κ3) is 5.89. The molecule has 0 saturated heterocycles. The number of carbonyl (C=O) groups is 1. The van der Waals surface area contributed by atoms with E-state index < -0.39 is 5.97 Å².